The minimum absolute atomic E-state index is 0.617. The van der Waals surface area contributed by atoms with Crippen LogP contribution in [0.1, 0.15) is 19.4 Å². The molecular formula is C22H22S. The first-order chi connectivity index (χ1) is 11.2. The smallest absolute Gasteiger partial charge is 0.0125 e. The summed E-state index contributed by atoms with van der Waals surface area (Å²) in [6, 6.07) is 25.6. The molecule has 0 aromatic heterocycles. The molecule has 0 nitrogen and oxygen atoms in total. The van der Waals surface area contributed by atoms with Gasteiger partial charge in [-0.1, -0.05) is 80.6 Å². The summed E-state index contributed by atoms with van der Waals surface area (Å²) in [5.41, 5.74) is 6.43. The molecule has 0 saturated heterocycles. The van der Waals surface area contributed by atoms with Crippen molar-refractivity contribution in [2.45, 2.75) is 25.2 Å². The maximum atomic E-state index is 4.77. The number of benzene rings is 3. The lowest BCUT2D eigenvalue weighted by Gasteiger charge is -2.19. The van der Waals surface area contributed by atoms with Crippen molar-refractivity contribution >= 4 is 12.6 Å². The largest absolute Gasteiger partial charge is 0.143 e. The van der Waals surface area contributed by atoms with Crippen LogP contribution in [0.25, 0.3) is 22.3 Å². The molecule has 1 heteroatoms. The average Bonchev–Trinajstić information content (AvgIpc) is 2.57. The third-order valence-corrected chi connectivity index (χ3v) is 4.40. The Hall–Kier alpha value is -1.99. The quantitative estimate of drug-likeness (QED) is 0.521. The van der Waals surface area contributed by atoms with Gasteiger partial charge in [-0.3, -0.25) is 0 Å². The maximum Gasteiger partial charge on any atom is 0.0125 e. The molecule has 0 saturated carbocycles. The average molecular weight is 318 g/mol. The normalized spacial score (nSPS) is 11.0. The van der Waals surface area contributed by atoms with Crippen molar-refractivity contribution in [1.29, 1.82) is 0 Å². The van der Waals surface area contributed by atoms with E-state index in [1.807, 2.05) is 0 Å². The monoisotopic (exact) mass is 318 g/mol. The first kappa shape index (κ1) is 15.9. The summed E-state index contributed by atoms with van der Waals surface area (Å²) in [5, 5.41) is 0. The Bertz CT molecular complexity index is 774. The number of rotatable bonds is 4. The van der Waals surface area contributed by atoms with Crippen molar-refractivity contribution in [2.75, 3.05) is 0 Å². The lowest BCUT2D eigenvalue weighted by Crippen LogP contribution is -1.99. The highest BCUT2D eigenvalue weighted by Crippen LogP contribution is 2.39. The molecule has 0 heterocycles. The van der Waals surface area contributed by atoms with Gasteiger partial charge in [-0.05, 0) is 40.7 Å². The van der Waals surface area contributed by atoms with E-state index in [9.17, 15) is 0 Å². The second kappa shape index (κ2) is 7.06. The summed E-state index contributed by atoms with van der Waals surface area (Å²) in [4.78, 5) is 1.03. The molecule has 0 radical (unpaired) electrons. The second-order valence-electron chi connectivity index (χ2n) is 6.32. The van der Waals surface area contributed by atoms with Crippen molar-refractivity contribution in [3.05, 3.63) is 78.4 Å². The summed E-state index contributed by atoms with van der Waals surface area (Å²) < 4.78 is 0. The van der Waals surface area contributed by atoms with Gasteiger partial charge < -0.3 is 0 Å². The van der Waals surface area contributed by atoms with E-state index < -0.39 is 0 Å². The lowest BCUT2D eigenvalue weighted by atomic mass is 9.87. The van der Waals surface area contributed by atoms with E-state index in [4.69, 9.17) is 12.6 Å². The zero-order chi connectivity index (χ0) is 16.2. The van der Waals surface area contributed by atoms with Gasteiger partial charge in [0.25, 0.3) is 0 Å². The second-order valence-corrected chi connectivity index (χ2v) is 6.81. The minimum Gasteiger partial charge on any atom is -0.143 e. The van der Waals surface area contributed by atoms with E-state index in [-0.39, 0.29) is 0 Å². The van der Waals surface area contributed by atoms with E-state index in [2.05, 4.69) is 86.6 Å². The summed E-state index contributed by atoms with van der Waals surface area (Å²) in [7, 11) is 0. The third-order valence-electron chi connectivity index (χ3n) is 4.02. The van der Waals surface area contributed by atoms with Crippen LogP contribution in [-0.4, -0.2) is 0 Å². The van der Waals surface area contributed by atoms with Gasteiger partial charge in [0.05, 0.1) is 0 Å². The highest BCUT2D eigenvalue weighted by atomic mass is 32.1. The predicted molar refractivity (Wildman–Crippen MR) is 103 cm³/mol. The Morgan fingerprint density at radius 1 is 0.696 bits per heavy atom. The van der Waals surface area contributed by atoms with E-state index in [0.717, 1.165) is 11.3 Å². The van der Waals surface area contributed by atoms with Crippen LogP contribution < -0.4 is 0 Å². The van der Waals surface area contributed by atoms with Gasteiger partial charge in [0, 0.05) is 10.5 Å². The van der Waals surface area contributed by atoms with Gasteiger partial charge in [-0.25, -0.2) is 0 Å². The van der Waals surface area contributed by atoms with Gasteiger partial charge in [0.1, 0.15) is 0 Å². The molecule has 0 atom stereocenters. The fourth-order valence-electron chi connectivity index (χ4n) is 3.08. The van der Waals surface area contributed by atoms with E-state index >= 15 is 0 Å². The zero-order valence-electron chi connectivity index (χ0n) is 13.7. The molecule has 3 aromatic carbocycles. The van der Waals surface area contributed by atoms with Crippen molar-refractivity contribution in [2.24, 2.45) is 5.92 Å². The van der Waals surface area contributed by atoms with Gasteiger partial charge in [0.2, 0.25) is 0 Å². The van der Waals surface area contributed by atoms with Gasteiger partial charge in [-0.15, -0.1) is 12.6 Å². The van der Waals surface area contributed by atoms with E-state index in [1.54, 1.807) is 0 Å². The van der Waals surface area contributed by atoms with Crippen LogP contribution in [0.3, 0.4) is 0 Å². The summed E-state index contributed by atoms with van der Waals surface area (Å²) in [6.45, 7) is 4.54. The Morgan fingerprint density at radius 3 is 1.74 bits per heavy atom. The van der Waals surface area contributed by atoms with Crippen molar-refractivity contribution in [1.82, 2.24) is 0 Å². The summed E-state index contributed by atoms with van der Waals surface area (Å²) in [5.74, 6) is 0.617. The van der Waals surface area contributed by atoms with Crippen molar-refractivity contribution in [3.8, 4) is 22.3 Å². The molecule has 0 fully saturated rings. The van der Waals surface area contributed by atoms with Crippen LogP contribution in [0.4, 0.5) is 0 Å². The number of hydrogen-bond acceptors (Lipinski definition) is 1. The van der Waals surface area contributed by atoms with E-state index in [1.165, 1.54) is 27.8 Å². The molecule has 23 heavy (non-hydrogen) atoms. The van der Waals surface area contributed by atoms with Crippen molar-refractivity contribution < 1.29 is 0 Å². The molecular weight excluding hydrogens is 296 g/mol. The molecule has 0 aliphatic heterocycles. The Balaban J connectivity index is 2.29. The van der Waals surface area contributed by atoms with Crippen LogP contribution in [0.5, 0.6) is 0 Å². The van der Waals surface area contributed by atoms with Crippen LogP contribution in [-0.2, 0) is 6.42 Å². The van der Waals surface area contributed by atoms with Gasteiger partial charge in [0.15, 0.2) is 0 Å². The first-order valence-electron chi connectivity index (χ1n) is 8.12. The number of hydrogen-bond donors (Lipinski definition) is 1. The fourth-order valence-corrected chi connectivity index (χ4v) is 3.39. The summed E-state index contributed by atoms with van der Waals surface area (Å²) in [6.07, 6.45) is 1.07. The van der Waals surface area contributed by atoms with Crippen LogP contribution in [0.15, 0.2) is 77.7 Å². The van der Waals surface area contributed by atoms with Crippen LogP contribution in [0, 0.1) is 5.92 Å². The number of thiol groups is 1. The molecule has 3 rings (SSSR count). The first-order valence-corrected chi connectivity index (χ1v) is 8.57. The molecule has 0 bridgehead atoms. The Labute approximate surface area is 144 Å². The Morgan fingerprint density at radius 2 is 1.22 bits per heavy atom. The SMILES string of the molecule is CC(C)Cc1ccc(S)c(-c2ccccc2)c1-c1ccccc1. The highest BCUT2D eigenvalue weighted by Gasteiger charge is 2.16. The zero-order valence-corrected chi connectivity index (χ0v) is 14.6. The highest BCUT2D eigenvalue weighted by molar-refractivity contribution is 7.80. The minimum atomic E-state index is 0.617. The van der Waals surface area contributed by atoms with Crippen molar-refractivity contribution in [3.63, 3.8) is 0 Å². The Kier molecular flexibility index (Phi) is 4.88. The van der Waals surface area contributed by atoms with E-state index in [0.29, 0.717) is 5.92 Å². The van der Waals surface area contributed by atoms with Crippen LogP contribution in [0.2, 0.25) is 0 Å². The molecule has 116 valence electrons. The molecule has 3 aromatic rings. The maximum absolute atomic E-state index is 4.77. The molecule has 0 spiro atoms. The lowest BCUT2D eigenvalue weighted by molar-refractivity contribution is 0.648. The molecule has 0 amide bonds. The summed E-state index contributed by atoms with van der Waals surface area (Å²) >= 11 is 4.77. The third kappa shape index (κ3) is 3.51. The standard InChI is InChI=1S/C22H22S/c1-16(2)15-19-13-14-20(23)22(18-11-7-4-8-12-18)21(19)17-9-5-3-6-10-17/h3-14,16,23H,15H2,1-2H3. The predicted octanol–water partition coefficient (Wildman–Crippen LogP) is 6.51. The molecule has 0 unspecified atom stereocenters. The topological polar surface area (TPSA) is 0 Å². The van der Waals surface area contributed by atoms with Crippen LogP contribution >= 0.6 is 12.6 Å². The molecule has 0 aliphatic carbocycles. The molecule has 0 N–H and O–H groups in total. The fraction of sp³-hybridized carbons (Fsp3) is 0.182. The molecule has 0 aliphatic rings. The van der Waals surface area contributed by atoms with Gasteiger partial charge >= 0.3 is 0 Å². The van der Waals surface area contributed by atoms with Gasteiger partial charge in [-0.2, -0.15) is 0 Å².